The van der Waals surface area contributed by atoms with Crippen LogP contribution >= 0.6 is 15.9 Å². The summed E-state index contributed by atoms with van der Waals surface area (Å²) in [6.45, 7) is 0.114. The lowest BCUT2D eigenvalue weighted by Crippen LogP contribution is -2.25. The van der Waals surface area contributed by atoms with Crippen LogP contribution in [0, 0.1) is 0 Å². The number of sulfonamides is 1. The third-order valence-electron chi connectivity index (χ3n) is 4.29. The number of nitrogens with one attached hydrogen (secondary N) is 1. The van der Waals surface area contributed by atoms with Crippen LogP contribution in [0.3, 0.4) is 0 Å². The maximum atomic E-state index is 12.6. The lowest BCUT2D eigenvalue weighted by atomic mass is 10.2. The van der Waals surface area contributed by atoms with Gasteiger partial charge in [0.1, 0.15) is 4.90 Å². The van der Waals surface area contributed by atoms with E-state index < -0.39 is 15.9 Å². The van der Waals surface area contributed by atoms with Crippen molar-refractivity contribution in [3.05, 3.63) is 63.6 Å². The Labute approximate surface area is 176 Å². The molecule has 0 aliphatic carbocycles. The van der Waals surface area contributed by atoms with Gasteiger partial charge in [0.05, 0.1) is 22.9 Å². The molecule has 3 rings (SSSR count). The highest BCUT2D eigenvalue weighted by Crippen LogP contribution is 2.23. The number of anilines is 1. The molecule has 1 amide bonds. The van der Waals surface area contributed by atoms with Crippen LogP contribution in [0.15, 0.2) is 63.0 Å². The molecule has 0 saturated carbocycles. The average Bonchev–Trinajstić information content (AvgIpc) is 2.68. The van der Waals surface area contributed by atoms with Crippen LogP contribution in [0.25, 0.3) is 10.9 Å². The van der Waals surface area contributed by atoms with Crippen LogP contribution in [-0.4, -0.2) is 42.3 Å². The maximum Gasteiger partial charge on any atom is 0.261 e. The summed E-state index contributed by atoms with van der Waals surface area (Å²) in [5.74, 6) is -0.410. The second-order valence-corrected chi connectivity index (χ2v) is 9.52. The van der Waals surface area contributed by atoms with Gasteiger partial charge in [-0.05, 0) is 30.3 Å². The van der Waals surface area contributed by atoms with Gasteiger partial charge in [0.2, 0.25) is 15.9 Å². The molecule has 29 heavy (non-hydrogen) atoms. The van der Waals surface area contributed by atoms with E-state index in [4.69, 9.17) is 0 Å². The highest BCUT2D eigenvalue weighted by atomic mass is 79.9. The first-order valence-corrected chi connectivity index (χ1v) is 10.9. The van der Waals surface area contributed by atoms with Gasteiger partial charge in [0, 0.05) is 31.5 Å². The molecule has 1 heterocycles. The maximum absolute atomic E-state index is 12.6. The molecule has 0 bridgehead atoms. The molecule has 3 aromatic rings. The molecular weight excluding hydrogens is 460 g/mol. The Kier molecular flexibility index (Phi) is 6.15. The summed E-state index contributed by atoms with van der Waals surface area (Å²) in [5, 5.41) is 3.07. The van der Waals surface area contributed by atoms with Crippen molar-refractivity contribution in [2.75, 3.05) is 19.4 Å². The van der Waals surface area contributed by atoms with Gasteiger partial charge in [0.25, 0.3) is 5.56 Å². The number of halogens is 1. The van der Waals surface area contributed by atoms with E-state index in [-0.39, 0.29) is 29.1 Å². The number of rotatable bonds is 6. The Hall–Kier alpha value is -2.56. The van der Waals surface area contributed by atoms with Gasteiger partial charge in [0.15, 0.2) is 0 Å². The Bertz CT molecular complexity index is 1240. The standard InChI is InChI=1S/C19H19BrN4O4S/c1-23(2)29(27,28)17-6-4-3-5-16(17)22-18(25)9-10-24-12-21-15-8-7-13(20)11-14(15)19(24)26/h3-8,11-12H,9-10H2,1-2H3,(H,22,25). The molecule has 1 aromatic heterocycles. The molecule has 0 spiro atoms. The van der Waals surface area contributed by atoms with Crippen molar-refractivity contribution in [2.45, 2.75) is 17.9 Å². The summed E-state index contributed by atoms with van der Waals surface area (Å²) in [7, 11) is -0.862. The summed E-state index contributed by atoms with van der Waals surface area (Å²) in [5.41, 5.74) is 0.514. The smallest absolute Gasteiger partial charge is 0.261 e. The van der Waals surface area contributed by atoms with Crippen LogP contribution in [0.2, 0.25) is 0 Å². The van der Waals surface area contributed by atoms with E-state index in [0.29, 0.717) is 10.9 Å². The largest absolute Gasteiger partial charge is 0.325 e. The molecule has 0 aliphatic heterocycles. The second kappa shape index (κ2) is 8.44. The summed E-state index contributed by atoms with van der Waals surface area (Å²) in [6, 6.07) is 11.4. The van der Waals surface area contributed by atoms with Crippen molar-refractivity contribution < 1.29 is 13.2 Å². The number of amides is 1. The van der Waals surface area contributed by atoms with Gasteiger partial charge in [-0.1, -0.05) is 28.1 Å². The molecule has 8 nitrogen and oxygen atoms in total. The van der Waals surface area contributed by atoms with Crippen LogP contribution in [0.1, 0.15) is 6.42 Å². The number of para-hydroxylation sites is 1. The lowest BCUT2D eigenvalue weighted by Gasteiger charge is -2.15. The predicted octanol–water partition coefficient (Wildman–Crippen LogP) is 2.44. The third-order valence-corrected chi connectivity index (χ3v) is 6.65. The fourth-order valence-electron chi connectivity index (χ4n) is 2.72. The number of aryl methyl sites for hydroxylation is 1. The minimum atomic E-state index is -3.71. The Morgan fingerprint density at radius 1 is 1.21 bits per heavy atom. The van der Waals surface area contributed by atoms with E-state index in [9.17, 15) is 18.0 Å². The zero-order valence-electron chi connectivity index (χ0n) is 15.8. The summed E-state index contributed by atoms with van der Waals surface area (Å²) in [4.78, 5) is 29.2. The van der Waals surface area contributed by atoms with E-state index in [0.717, 1.165) is 8.78 Å². The van der Waals surface area contributed by atoms with E-state index in [1.807, 2.05) is 0 Å². The number of nitrogens with zero attached hydrogens (tertiary/aromatic N) is 3. The summed E-state index contributed by atoms with van der Waals surface area (Å²) >= 11 is 3.33. The van der Waals surface area contributed by atoms with Crippen LogP contribution < -0.4 is 10.9 Å². The quantitative estimate of drug-likeness (QED) is 0.586. The van der Waals surface area contributed by atoms with Gasteiger partial charge in [-0.25, -0.2) is 17.7 Å². The summed E-state index contributed by atoms with van der Waals surface area (Å²) in [6.07, 6.45) is 1.38. The minimum Gasteiger partial charge on any atom is -0.325 e. The predicted molar refractivity (Wildman–Crippen MR) is 114 cm³/mol. The van der Waals surface area contributed by atoms with Gasteiger partial charge < -0.3 is 5.32 Å². The number of carbonyl (C=O) groups excluding carboxylic acids is 1. The highest BCUT2D eigenvalue weighted by Gasteiger charge is 2.21. The van der Waals surface area contributed by atoms with Crippen molar-refractivity contribution in [3.63, 3.8) is 0 Å². The van der Waals surface area contributed by atoms with Crippen molar-refractivity contribution >= 4 is 48.5 Å². The van der Waals surface area contributed by atoms with Crippen LogP contribution in [0.5, 0.6) is 0 Å². The van der Waals surface area contributed by atoms with Crippen molar-refractivity contribution in [1.29, 1.82) is 0 Å². The molecule has 0 saturated heterocycles. The summed E-state index contributed by atoms with van der Waals surface area (Å²) < 4.78 is 28.1. The minimum absolute atomic E-state index is 0.00717. The fourth-order valence-corrected chi connectivity index (χ4v) is 4.12. The van der Waals surface area contributed by atoms with Crippen molar-refractivity contribution in [2.24, 2.45) is 0 Å². The number of hydrogen-bond acceptors (Lipinski definition) is 5. The molecule has 10 heteroatoms. The zero-order chi connectivity index (χ0) is 21.2. The fraction of sp³-hybridized carbons (Fsp3) is 0.211. The van der Waals surface area contributed by atoms with Crippen LogP contribution in [-0.2, 0) is 21.4 Å². The first-order chi connectivity index (χ1) is 13.7. The van der Waals surface area contributed by atoms with Gasteiger partial charge in [-0.15, -0.1) is 0 Å². The second-order valence-electron chi connectivity index (χ2n) is 6.49. The van der Waals surface area contributed by atoms with E-state index >= 15 is 0 Å². The first kappa shape index (κ1) is 21.2. The molecule has 0 unspecified atom stereocenters. The number of hydrogen-bond donors (Lipinski definition) is 1. The SMILES string of the molecule is CN(C)S(=O)(=O)c1ccccc1NC(=O)CCn1cnc2ccc(Br)cc2c1=O. The normalized spacial score (nSPS) is 11.7. The Morgan fingerprint density at radius 2 is 1.93 bits per heavy atom. The topological polar surface area (TPSA) is 101 Å². The molecule has 0 fully saturated rings. The molecule has 0 atom stereocenters. The number of carbonyl (C=O) groups is 1. The van der Waals surface area contributed by atoms with E-state index in [1.165, 1.54) is 37.1 Å². The lowest BCUT2D eigenvalue weighted by molar-refractivity contribution is -0.116. The molecule has 0 aliphatic rings. The Balaban J connectivity index is 1.78. The first-order valence-electron chi connectivity index (χ1n) is 8.66. The molecule has 152 valence electrons. The zero-order valence-corrected chi connectivity index (χ0v) is 18.2. The van der Waals surface area contributed by atoms with Crippen molar-refractivity contribution in [1.82, 2.24) is 13.9 Å². The van der Waals surface area contributed by atoms with Gasteiger partial charge >= 0.3 is 0 Å². The van der Waals surface area contributed by atoms with Crippen molar-refractivity contribution in [3.8, 4) is 0 Å². The number of aromatic nitrogens is 2. The van der Waals surface area contributed by atoms with Gasteiger partial charge in [-0.3, -0.25) is 14.2 Å². The third kappa shape index (κ3) is 4.55. The van der Waals surface area contributed by atoms with E-state index in [1.54, 1.807) is 30.3 Å². The monoisotopic (exact) mass is 478 g/mol. The van der Waals surface area contributed by atoms with Gasteiger partial charge in [-0.2, -0.15) is 0 Å². The van der Waals surface area contributed by atoms with Crippen LogP contribution in [0.4, 0.5) is 5.69 Å². The number of fused-ring (bicyclic) bond motifs is 1. The highest BCUT2D eigenvalue weighted by molar-refractivity contribution is 9.10. The molecule has 0 radical (unpaired) electrons. The molecule has 1 N–H and O–H groups in total. The number of benzene rings is 2. The average molecular weight is 479 g/mol. The molecule has 2 aromatic carbocycles. The Morgan fingerprint density at radius 3 is 2.66 bits per heavy atom. The van der Waals surface area contributed by atoms with E-state index in [2.05, 4.69) is 26.2 Å². The molecular formula is C19H19BrN4O4S.